The molecule has 32 heavy (non-hydrogen) atoms. The standard InChI is InChI=1S/C22H23N2O7P/c1-15(2)29-22(25)16(3)23-32(28,30-19-13-11-18(12-14-19)24(26)27)31-21-10-6-8-17-7-4-5-9-20(17)21/h4-16H,1-3H3,(H,23,28)/t16-,32?/m0/s1. The van der Waals surface area contributed by atoms with Gasteiger partial charge in [-0.3, -0.25) is 14.9 Å². The molecule has 1 unspecified atom stereocenters. The zero-order valence-electron chi connectivity index (χ0n) is 17.8. The fraction of sp³-hybridized carbons (Fsp3) is 0.227. The van der Waals surface area contributed by atoms with E-state index in [1.165, 1.54) is 31.2 Å². The summed E-state index contributed by atoms with van der Waals surface area (Å²) in [4.78, 5) is 22.6. The van der Waals surface area contributed by atoms with Crippen molar-refractivity contribution in [3.63, 3.8) is 0 Å². The Morgan fingerprint density at radius 3 is 2.28 bits per heavy atom. The van der Waals surface area contributed by atoms with E-state index in [1.54, 1.807) is 32.0 Å². The quantitative estimate of drug-likeness (QED) is 0.200. The number of nitrogens with one attached hydrogen (secondary N) is 1. The molecule has 3 aromatic rings. The summed E-state index contributed by atoms with van der Waals surface area (Å²) in [6.45, 7) is 4.87. The first-order valence-electron chi connectivity index (χ1n) is 9.86. The summed E-state index contributed by atoms with van der Waals surface area (Å²) in [6.07, 6.45) is -0.360. The van der Waals surface area contributed by atoms with Gasteiger partial charge in [0.05, 0.1) is 11.0 Å². The van der Waals surface area contributed by atoms with E-state index in [4.69, 9.17) is 13.8 Å². The SMILES string of the molecule is CC(C)OC(=O)[C@H](C)NP(=O)(Oc1ccc([N+](=O)[O-])cc1)Oc1cccc2ccccc12. The lowest BCUT2D eigenvalue weighted by Gasteiger charge is -2.24. The van der Waals surface area contributed by atoms with Crippen LogP contribution in [0.25, 0.3) is 10.8 Å². The number of fused-ring (bicyclic) bond motifs is 1. The summed E-state index contributed by atoms with van der Waals surface area (Å²) in [5, 5.41) is 15.0. The molecule has 0 fully saturated rings. The Balaban J connectivity index is 1.93. The largest absolute Gasteiger partial charge is 0.513 e. The van der Waals surface area contributed by atoms with Crippen LogP contribution in [0.3, 0.4) is 0 Å². The molecule has 0 bridgehead atoms. The van der Waals surface area contributed by atoms with Crippen LogP contribution in [-0.4, -0.2) is 23.0 Å². The molecule has 3 aromatic carbocycles. The van der Waals surface area contributed by atoms with Crippen LogP contribution in [0.5, 0.6) is 11.5 Å². The zero-order chi connectivity index (χ0) is 23.3. The third-order valence-corrected chi connectivity index (χ3v) is 5.89. The fourth-order valence-electron chi connectivity index (χ4n) is 2.87. The van der Waals surface area contributed by atoms with E-state index in [0.717, 1.165) is 5.39 Å². The predicted octanol–water partition coefficient (Wildman–Crippen LogP) is 5.24. The predicted molar refractivity (Wildman–Crippen MR) is 120 cm³/mol. The van der Waals surface area contributed by atoms with Gasteiger partial charge in [-0.1, -0.05) is 36.4 Å². The summed E-state index contributed by atoms with van der Waals surface area (Å²) in [5.74, 6) is -0.282. The number of carbonyl (C=O) groups excluding carboxylic acids is 1. The van der Waals surface area contributed by atoms with Crippen molar-refractivity contribution in [2.24, 2.45) is 0 Å². The number of benzene rings is 3. The Morgan fingerprint density at radius 2 is 1.62 bits per heavy atom. The monoisotopic (exact) mass is 458 g/mol. The van der Waals surface area contributed by atoms with E-state index in [-0.39, 0.29) is 23.3 Å². The fourth-order valence-corrected chi connectivity index (χ4v) is 4.41. The molecule has 0 aliphatic heterocycles. The topological polar surface area (TPSA) is 117 Å². The van der Waals surface area contributed by atoms with Crippen molar-refractivity contribution in [2.45, 2.75) is 32.9 Å². The van der Waals surface area contributed by atoms with E-state index in [1.807, 2.05) is 24.3 Å². The van der Waals surface area contributed by atoms with Gasteiger partial charge in [-0.15, -0.1) is 0 Å². The van der Waals surface area contributed by atoms with Crippen LogP contribution in [0.2, 0.25) is 0 Å². The number of hydrogen-bond donors (Lipinski definition) is 1. The Morgan fingerprint density at radius 1 is 0.969 bits per heavy atom. The van der Waals surface area contributed by atoms with Gasteiger partial charge >= 0.3 is 13.7 Å². The van der Waals surface area contributed by atoms with Crippen molar-refractivity contribution in [3.05, 3.63) is 76.8 Å². The molecule has 0 radical (unpaired) electrons. The van der Waals surface area contributed by atoms with Crippen molar-refractivity contribution in [2.75, 3.05) is 0 Å². The molecule has 3 rings (SSSR count). The molecule has 2 atom stereocenters. The molecule has 10 heteroatoms. The molecule has 0 saturated heterocycles. The number of nitro groups is 1. The second-order valence-electron chi connectivity index (χ2n) is 7.24. The number of nitro benzene ring substituents is 1. The van der Waals surface area contributed by atoms with Gasteiger partial charge in [-0.25, -0.2) is 4.57 Å². The van der Waals surface area contributed by atoms with Crippen molar-refractivity contribution in [1.29, 1.82) is 0 Å². The van der Waals surface area contributed by atoms with E-state index in [0.29, 0.717) is 5.39 Å². The molecule has 0 amide bonds. The minimum Gasteiger partial charge on any atom is -0.462 e. The number of non-ortho nitro benzene ring substituents is 1. The summed E-state index contributed by atoms with van der Waals surface area (Å²) < 4.78 is 30.3. The molecule has 0 heterocycles. The molecule has 0 spiro atoms. The lowest BCUT2D eigenvalue weighted by atomic mass is 10.1. The van der Waals surface area contributed by atoms with E-state index in [2.05, 4.69) is 5.09 Å². The van der Waals surface area contributed by atoms with Crippen molar-refractivity contribution in [1.82, 2.24) is 5.09 Å². The molecule has 1 N–H and O–H groups in total. The summed E-state index contributed by atoms with van der Waals surface area (Å²) in [7, 11) is -4.18. The second-order valence-corrected chi connectivity index (χ2v) is 8.86. The van der Waals surface area contributed by atoms with Crippen LogP contribution in [-0.2, 0) is 14.1 Å². The highest BCUT2D eigenvalue weighted by atomic mass is 31.2. The Labute approximate surface area is 185 Å². The smallest absolute Gasteiger partial charge is 0.462 e. The minimum atomic E-state index is -4.18. The first kappa shape index (κ1) is 23.2. The molecular weight excluding hydrogens is 435 g/mol. The summed E-state index contributed by atoms with van der Waals surface area (Å²) in [5.41, 5.74) is -0.149. The van der Waals surface area contributed by atoms with Crippen molar-refractivity contribution in [3.8, 4) is 11.5 Å². The average molecular weight is 458 g/mol. The van der Waals surface area contributed by atoms with Crippen molar-refractivity contribution < 1.29 is 28.1 Å². The first-order chi connectivity index (χ1) is 15.2. The summed E-state index contributed by atoms with van der Waals surface area (Å²) >= 11 is 0. The van der Waals surface area contributed by atoms with Crippen LogP contribution in [0, 0.1) is 10.1 Å². The highest BCUT2D eigenvalue weighted by molar-refractivity contribution is 7.52. The summed E-state index contributed by atoms with van der Waals surface area (Å²) in [6, 6.07) is 16.6. The maximum atomic E-state index is 13.7. The Bertz CT molecular complexity index is 1160. The number of hydrogen-bond acceptors (Lipinski definition) is 7. The molecule has 0 aliphatic rings. The van der Waals surface area contributed by atoms with Crippen molar-refractivity contribution >= 4 is 30.2 Å². The Hall–Kier alpha value is -3.42. The maximum Gasteiger partial charge on any atom is 0.513 e. The highest BCUT2D eigenvalue weighted by Gasteiger charge is 2.34. The third kappa shape index (κ3) is 5.84. The van der Waals surface area contributed by atoms with Gasteiger partial charge in [0.25, 0.3) is 5.69 Å². The van der Waals surface area contributed by atoms with Crippen LogP contribution < -0.4 is 14.1 Å². The van der Waals surface area contributed by atoms with Gasteiger partial charge in [-0.05, 0) is 44.4 Å². The van der Waals surface area contributed by atoms with E-state index < -0.39 is 24.7 Å². The minimum absolute atomic E-state index is 0.0658. The van der Waals surface area contributed by atoms with E-state index in [9.17, 15) is 19.5 Å². The van der Waals surface area contributed by atoms with Crippen LogP contribution in [0.15, 0.2) is 66.7 Å². The Kier molecular flexibility index (Phi) is 7.12. The van der Waals surface area contributed by atoms with Gasteiger partial charge < -0.3 is 13.8 Å². The average Bonchev–Trinajstić information content (AvgIpc) is 2.73. The van der Waals surface area contributed by atoms with Gasteiger partial charge in [-0.2, -0.15) is 5.09 Å². The van der Waals surface area contributed by atoms with Gasteiger partial charge in [0, 0.05) is 17.5 Å². The van der Waals surface area contributed by atoms with Gasteiger partial charge in [0.1, 0.15) is 17.5 Å². The molecule has 0 aromatic heterocycles. The molecule has 168 valence electrons. The normalized spacial score (nSPS) is 13.9. The van der Waals surface area contributed by atoms with Crippen LogP contribution in [0.1, 0.15) is 20.8 Å². The molecule has 0 aliphatic carbocycles. The third-order valence-electron chi connectivity index (χ3n) is 4.30. The number of nitrogens with zero attached hydrogens (tertiary/aromatic N) is 1. The van der Waals surface area contributed by atoms with Gasteiger partial charge in [0.15, 0.2) is 0 Å². The first-order valence-corrected chi connectivity index (χ1v) is 11.4. The van der Waals surface area contributed by atoms with Crippen LogP contribution in [0.4, 0.5) is 5.69 Å². The lowest BCUT2D eigenvalue weighted by Crippen LogP contribution is -2.36. The molecular formula is C22H23N2O7P. The lowest BCUT2D eigenvalue weighted by molar-refractivity contribution is -0.384. The molecule has 0 saturated carbocycles. The number of rotatable bonds is 9. The number of ether oxygens (including phenoxy) is 1. The molecule has 9 nitrogen and oxygen atoms in total. The number of esters is 1. The van der Waals surface area contributed by atoms with Gasteiger partial charge in [0.2, 0.25) is 0 Å². The highest BCUT2D eigenvalue weighted by Crippen LogP contribution is 2.47. The van der Waals surface area contributed by atoms with Crippen LogP contribution >= 0.6 is 7.75 Å². The van der Waals surface area contributed by atoms with E-state index >= 15 is 0 Å². The maximum absolute atomic E-state index is 13.7. The number of carbonyl (C=O) groups is 1. The second kappa shape index (κ2) is 9.80. The zero-order valence-corrected chi connectivity index (χ0v) is 18.7.